The zero-order chi connectivity index (χ0) is 19.6. The number of fused-ring (bicyclic) bond motifs is 1. The van der Waals surface area contributed by atoms with E-state index in [1.807, 2.05) is 17.5 Å². The van der Waals surface area contributed by atoms with Crippen LogP contribution in [-0.2, 0) is 26.2 Å². The molecule has 2 heterocycles. The highest BCUT2D eigenvalue weighted by molar-refractivity contribution is 7.89. The lowest BCUT2D eigenvalue weighted by molar-refractivity contribution is -0.121. The third kappa shape index (κ3) is 4.05. The van der Waals surface area contributed by atoms with Crippen molar-refractivity contribution in [2.75, 3.05) is 18.4 Å². The van der Waals surface area contributed by atoms with Gasteiger partial charge in [0.15, 0.2) is 0 Å². The van der Waals surface area contributed by atoms with Crippen LogP contribution in [0.3, 0.4) is 0 Å². The maximum atomic E-state index is 13.0. The maximum Gasteiger partial charge on any atom is 0.243 e. The van der Waals surface area contributed by atoms with E-state index in [1.165, 1.54) is 23.5 Å². The molecule has 0 bridgehead atoms. The first-order chi connectivity index (χ1) is 12.8. The Labute approximate surface area is 162 Å². The standard InChI is InChI=1S/C18H21N3O4S2/c1-3-21(11-17(22)19-10-13-5-4-8-26-13)27(24,25)14-6-7-16-15(9-14)12(2)18(23)20-16/h4-9,12H,3,10-11H2,1-2H3,(H,19,22)(H,20,23)/t12-/m0/s1. The Morgan fingerprint density at radius 3 is 2.78 bits per heavy atom. The van der Waals surface area contributed by atoms with Crippen molar-refractivity contribution in [1.29, 1.82) is 0 Å². The summed E-state index contributed by atoms with van der Waals surface area (Å²) >= 11 is 1.52. The fourth-order valence-electron chi connectivity index (χ4n) is 2.89. The summed E-state index contributed by atoms with van der Waals surface area (Å²) in [5.74, 6) is -0.917. The molecule has 0 radical (unpaired) electrons. The molecule has 1 aliphatic heterocycles. The second-order valence-corrected chi connectivity index (χ2v) is 9.22. The first-order valence-electron chi connectivity index (χ1n) is 8.57. The first-order valence-corrected chi connectivity index (χ1v) is 10.9. The third-order valence-corrected chi connectivity index (χ3v) is 7.28. The van der Waals surface area contributed by atoms with Crippen molar-refractivity contribution in [3.8, 4) is 0 Å². The second kappa shape index (κ2) is 7.79. The van der Waals surface area contributed by atoms with Crippen LogP contribution >= 0.6 is 11.3 Å². The quantitative estimate of drug-likeness (QED) is 0.735. The molecule has 0 saturated carbocycles. The Morgan fingerprint density at radius 1 is 1.33 bits per heavy atom. The van der Waals surface area contributed by atoms with Crippen molar-refractivity contribution in [1.82, 2.24) is 9.62 Å². The van der Waals surface area contributed by atoms with Gasteiger partial charge in [0, 0.05) is 17.1 Å². The second-order valence-electron chi connectivity index (χ2n) is 6.25. The van der Waals surface area contributed by atoms with Gasteiger partial charge in [-0.2, -0.15) is 4.31 Å². The van der Waals surface area contributed by atoms with Gasteiger partial charge in [0.05, 0.1) is 23.9 Å². The highest BCUT2D eigenvalue weighted by Gasteiger charge is 2.31. The summed E-state index contributed by atoms with van der Waals surface area (Å²) in [7, 11) is -3.84. The maximum absolute atomic E-state index is 13.0. The SMILES string of the molecule is CCN(CC(=O)NCc1cccs1)S(=O)(=O)c1ccc2c(c1)[C@H](C)C(=O)N2. The van der Waals surface area contributed by atoms with E-state index in [0.717, 1.165) is 9.18 Å². The van der Waals surface area contributed by atoms with Gasteiger partial charge in [-0.25, -0.2) is 8.42 Å². The summed E-state index contributed by atoms with van der Waals surface area (Å²) in [4.78, 5) is 25.1. The fourth-order valence-corrected chi connectivity index (χ4v) is 4.97. The number of thiophene rings is 1. The molecule has 2 aromatic rings. The molecule has 1 aliphatic rings. The Bertz CT molecular complexity index is 955. The van der Waals surface area contributed by atoms with Crippen LogP contribution in [0.1, 0.15) is 30.2 Å². The van der Waals surface area contributed by atoms with Crippen molar-refractivity contribution in [2.24, 2.45) is 0 Å². The summed E-state index contributed by atoms with van der Waals surface area (Å²) in [5.41, 5.74) is 1.28. The summed E-state index contributed by atoms with van der Waals surface area (Å²) < 4.78 is 27.1. The summed E-state index contributed by atoms with van der Waals surface area (Å²) in [6.45, 7) is 3.70. The lowest BCUT2D eigenvalue weighted by Crippen LogP contribution is -2.40. The van der Waals surface area contributed by atoms with Crippen molar-refractivity contribution in [2.45, 2.75) is 31.2 Å². The number of amides is 2. The van der Waals surface area contributed by atoms with E-state index in [-0.39, 0.29) is 29.8 Å². The number of sulfonamides is 1. The minimum atomic E-state index is -3.84. The van der Waals surface area contributed by atoms with Crippen LogP contribution in [0.25, 0.3) is 0 Å². The van der Waals surface area contributed by atoms with Gasteiger partial charge < -0.3 is 10.6 Å². The molecule has 2 amide bonds. The van der Waals surface area contributed by atoms with E-state index in [9.17, 15) is 18.0 Å². The largest absolute Gasteiger partial charge is 0.350 e. The van der Waals surface area contributed by atoms with E-state index in [0.29, 0.717) is 17.8 Å². The lowest BCUT2D eigenvalue weighted by atomic mass is 10.0. The number of hydrogen-bond donors (Lipinski definition) is 2. The lowest BCUT2D eigenvalue weighted by Gasteiger charge is -2.20. The fraction of sp³-hybridized carbons (Fsp3) is 0.333. The molecule has 1 aromatic carbocycles. The third-order valence-electron chi connectivity index (χ3n) is 4.49. The van der Waals surface area contributed by atoms with Gasteiger partial charge in [-0.1, -0.05) is 13.0 Å². The Kier molecular flexibility index (Phi) is 5.64. The zero-order valence-electron chi connectivity index (χ0n) is 15.1. The van der Waals surface area contributed by atoms with Crippen LogP contribution in [0.5, 0.6) is 0 Å². The molecule has 1 atom stereocenters. The average molecular weight is 408 g/mol. The normalized spacial score (nSPS) is 16.3. The number of rotatable bonds is 7. The van der Waals surface area contributed by atoms with Crippen LogP contribution < -0.4 is 10.6 Å². The van der Waals surface area contributed by atoms with Gasteiger partial charge in [-0.15, -0.1) is 11.3 Å². The summed E-state index contributed by atoms with van der Waals surface area (Å²) in [6.07, 6.45) is 0. The van der Waals surface area contributed by atoms with Gasteiger partial charge in [0.1, 0.15) is 0 Å². The molecule has 3 rings (SSSR count). The molecule has 7 nitrogen and oxygen atoms in total. The Morgan fingerprint density at radius 2 is 2.11 bits per heavy atom. The Balaban J connectivity index is 1.74. The molecular weight excluding hydrogens is 386 g/mol. The first kappa shape index (κ1) is 19.5. The summed E-state index contributed by atoms with van der Waals surface area (Å²) in [6, 6.07) is 8.36. The van der Waals surface area contributed by atoms with E-state index in [1.54, 1.807) is 19.9 Å². The number of nitrogens with one attached hydrogen (secondary N) is 2. The molecule has 0 saturated heterocycles. The predicted octanol–water partition coefficient (Wildman–Crippen LogP) is 2.13. The van der Waals surface area contributed by atoms with Crippen molar-refractivity contribution >= 4 is 38.9 Å². The number of nitrogens with zero attached hydrogens (tertiary/aromatic N) is 1. The number of hydrogen-bond acceptors (Lipinski definition) is 5. The van der Waals surface area contributed by atoms with Crippen LogP contribution in [0.4, 0.5) is 5.69 Å². The molecule has 0 spiro atoms. The Hall–Kier alpha value is -2.23. The van der Waals surface area contributed by atoms with Crippen molar-refractivity contribution in [3.63, 3.8) is 0 Å². The number of carbonyl (C=O) groups is 2. The average Bonchev–Trinajstić information content (AvgIpc) is 3.26. The molecule has 0 fully saturated rings. The van der Waals surface area contributed by atoms with E-state index in [2.05, 4.69) is 10.6 Å². The summed E-state index contributed by atoms with van der Waals surface area (Å²) in [5, 5.41) is 7.37. The minimum Gasteiger partial charge on any atom is -0.350 e. The van der Waals surface area contributed by atoms with Crippen molar-refractivity contribution in [3.05, 3.63) is 46.2 Å². The molecule has 0 aliphatic carbocycles. The van der Waals surface area contributed by atoms with Gasteiger partial charge in [0.25, 0.3) is 0 Å². The van der Waals surface area contributed by atoms with E-state index in [4.69, 9.17) is 0 Å². The molecule has 9 heteroatoms. The minimum absolute atomic E-state index is 0.0810. The monoisotopic (exact) mass is 407 g/mol. The van der Waals surface area contributed by atoms with Crippen LogP contribution in [0.2, 0.25) is 0 Å². The zero-order valence-corrected chi connectivity index (χ0v) is 16.7. The van der Waals surface area contributed by atoms with Gasteiger partial charge in [-0.3, -0.25) is 9.59 Å². The highest BCUT2D eigenvalue weighted by atomic mass is 32.2. The van der Waals surface area contributed by atoms with E-state index < -0.39 is 15.9 Å². The number of likely N-dealkylation sites (N-methyl/N-ethyl adjacent to an activating group) is 1. The molecule has 1 aromatic heterocycles. The topological polar surface area (TPSA) is 95.6 Å². The number of benzene rings is 1. The van der Waals surface area contributed by atoms with Crippen molar-refractivity contribution < 1.29 is 18.0 Å². The van der Waals surface area contributed by atoms with Crippen LogP contribution in [-0.4, -0.2) is 37.6 Å². The van der Waals surface area contributed by atoms with Gasteiger partial charge in [0.2, 0.25) is 21.8 Å². The molecule has 2 N–H and O–H groups in total. The number of anilines is 1. The van der Waals surface area contributed by atoms with Gasteiger partial charge >= 0.3 is 0 Å². The van der Waals surface area contributed by atoms with Gasteiger partial charge in [-0.05, 0) is 42.1 Å². The van der Waals surface area contributed by atoms with E-state index >= 15 is 0 Å². The van der Waals surface area contributed by atoms with Crippen LogP contribution in [0.15, 0.2) is 40.6 Å². The molecule has 0 unspecified atom stereocenters. The van der Waals surface area contributed by atoms with Crippen LogP contribution in [0, 0.1) is 0 Å². The predicted molar refractivity (Wildman–Crippen MR) is 104 cm³/mol. The molecule has 144 valence electrons. The molecular formula is C18H21N3O4S2. The molecule has 27 heavy (non-hydrogen) atoms. The number of carbonyl (C=O) groups excluding carboxylic acids is 2. The highest BCUT2D eigenvalue weighted by Crippen LogP contribution is 2.34. The smallest absolute Gasteiger partial charge is 0.243 e.